The van der Waals surface area contributed by atoms with E-state index in [1.54, 1.807) is 7.05 Å². The van der Waals surface area contributed by atoms with Crippen molar-refractivity contribution < 1.29 is 9.63 Å². The maximum absolute atomic E-state index is 9.25. The molecule has 0 fully saturated rings. The fraction of sp³-hybridized carbons (Fsp3) is 0.417. The summed E-state index contributed by atoms with van der Waals surface area (Å²) >= 11 is 0. The number of allylic oxidation sites excluding steroid dienone is 1. The monoisotopic (exact) mass is 397 g/mol. The van der Waals surface area contributed by atoms with E-state index in [2.05, 4.69) is 101 Å². The summed E-state index contributed by atoms with van der Waals surface area (Å²) < 4.78 is 6.99. The van der Waals surface area contributed by atoms with Gasteiger partial charge in [0.25, 0.3) is 8.32 Å². The van der Waals surface area contributed by atoms with Crippen LogP contribution in [0.25, 0.3) is 0 Å². The minimum Gasteiger partial charge on any atom is -0.401 e. The lowest BCUT2D eigenvalue weighted by Crippen LogP contribution is -2.67. The Hall–Kier alpha value is -1.72. The van der Waals surface area contributed by atoms with Gasteiger partial charge in [-0.05, 0) is 35.2 Å². The quantitative estimate of drug-likeness (QED) is 0.290. The van der Waals surface area contributed by atoms with Crippen molar-refractivity contribution in [2.24, 2.45) is 0 Å². The number of nitrogens with zero attached hydrogens (tertiary/aromatic N) is 1. The number of hydrogen-bond donors (Lipinski definition) is 1. The van der Waals surface area contributed by atoms with Crippen LogP contribution in [0.4, 0.5) is 0 Å². The molecule has 0 bridgehead atoms. The predicted octanol–water partition coefficient (Wildman–Crippen LogP) is 4.61. The summed E-state index contributed by atoms with van der Waals surface area (Å²) in [6, 6.07) is 21.5. The Morgan fingerprint density at radius 3 is 1.93 bits per heavy atom. The van der Waals surface area contributed by atoms with Crippen LogP contribution in [0.5, 0.6) is 0 Å². The Morgan fingerprint density at radius 2 is 1.50 bits per heavy atom. The molecule has 2 aromatic carbocycles. The van der Waals surface area contributed by atoms with Crippen LogP contribution in [0.15, 0.2) is 72.8 Å². The average Bonchev–Trinajstić information content (AvgIpc) is 2.66. The molecule has 0 unspecified atom stereocenters. The van der Waals surface area contributed by atoms with Crippen molar-refractivity contribution in [1.82, 2.24) is 5.06 Å². The van der Waals surface area contributed by atoms with Gasteiger partial charge in [-0.1, -0.05) is 93.6 Å². The SMILES string of the molecule is C[C@@H](/C=C\CCCN(C)O)O[Si](c1ccccc1)(c1ccccc1)C(C)(C)C. The Kier molecular flexibility index (Phi) is 8.19. The molecule has 0 aliphatic carbocycles. The molecule has 2 rings (SSSR count). The van der Waals surface area contributed by atoms with E-state index in [0.29, 0.717) is 6.54 Å². The second-order valence-electron chi connectivity index (χ2n) is 8.44. The van der Waals surface area contributed by atoms with Crippen LogP contribution in [0.2, 0.25) is 5.04 Å². The van der Waals surface area contributed by atoms with E-state index >= 15 is 0 Å². The Balaban J connectivity index is 2.35. The number of unbranched alkanes of at least 4 members (excludes halogenated alkanes) is 1. The molecule has 0 saturated carbocycles. The average molecular weight is 398 g/mol. The van der Waals surface area contributed by atoms with Crippen LogP contribution in [0.3, 0.4) is 0 Å². The van der Waals surface area contributed by atoms with Crippen molar-refractivity contribution in [3.05, 3.63) is 72.8 Å². The first-order valence-corrected chi connectivity index (χ1v) is 12.0. The molecule has 0 radical (unpaired) electrons. The fourth-order valence-electron chi connectivity index (χ4n) is 3.74. The van der Waals surface area contributed by atoms with Crippen molar-refractivity contribution in [1.29, 1.82) is 0 Å². The van der Waals surface area contributed by atoms with Crippen LogP contribution in [-0.4, -0.2) is 38.3 Å². The van der Waals surface area contributed by atoms with E-state index in [9.17, 15) is 5.21 Å². The molecule has 28 heavy (non-hydrogen) atoms. The minimum absolute atomic E-state index is 0.0122. The molecule has 3 nitrogen and oxygen atoms in total. The van der Waals surface area contributed by atoms with Gasteiger partial charge in [-0.15, -0.1) is 0 Å². The summed E-state index contributed by atoms with van der Waals surface area (Å²) in [6.07, 6.45) is 6.20. The van der Waals surface area contributed by atoms with Gasteiger partial charge in [0.15, 0.2) is 0 Å². The number of hydrogen-bond acceptors (Lipinski definition) is 3. The highest BCUT2D eigenvalue weighted by Gasteiger charge is 2.50. The Bertz CT molecular complexity index is 684. The minimum atomic E-state index is -2.50. The Labute approximate surface area is 171 Å². The lowest BCUT2D eigenvalue weighted by atomic mass is 10.2. The smallest absolute Gasteiger partial charge is 0.261 e. The molecular formula is C24H35NO2Si. The summed E-state index contributed by atoms with van der Waals surface area (Å²) in [5, 5.41) is 13.1. The molecule has 2 aromatic rings. The van der Waals surface area contributed by atoms with E-state index in [-0.39, 0.29) is 11.1 Å². The summed E-state index contributed by atoms with van der Waals surface area (Å²) in [5.41, 5.74) is 0. The molecule has 0 aromatic heterocycles. The van der Waals surface area contributed by atoms with Crippen molar-refractivity contribution in [2.45, 2.75) is 51.7 Å². The van der Waals surface area contributed by atoms with E-state index in [1.165, 1.54) is 15.4 Å². The fourth-order valence-corrected chi connectivity index (χ4v) is 8.39. The zero-order chi connectivity index (χ0) is 20.6. The van der Waals surface area contributed by atoms with E-state index < -0.39 is 8.32 Å². The van der Waals surface area contributed by atoms with Crippen molar-refractivity contribution in [3.63, 3.8) is 0 Å². The zero-order valence-corrected chi connectivity index (χ0v) is 18.9. The van der Waals surface area contributed by atoms with E-state index in [4.69, 9.17) is 4.43 Å². The summed E-state index contributed by atoms with van der Waals surface area (Å²) in [7, 11) is -0.819. The van der Waals surface area contributed by atoms with Crippen LogP contribution in [0.1, 0.15) is 40.5 Å². The third-order valence-corrected chi connectivity index (χ3v) is 10.2. The maximum Gasteiger partial charge on any atom is 0.261 e. The Morgan fingerprint density at radius 1 is 1.00 bits per heavy atom. The first kappa shape index (κ1) is 22.6. The van der Waals surface area contributed by atoms with Gasteiger partial charge in [0, 0.05) is 13.6 Å². The first-order valence-electron chi connectivity index (χ1n) is 10.1. The summed E-state index contributed by atoms with van der Waals surface area (Å²) in [6.45, 7) is 9.70. The summed E-state index contributed by atoms with van der Waals surface area (Å²) in [5.74, 6) is 0. The van der Waals surface area contributed by atoms with Gasteiger partial charge in [0.2, 0.25) is 0 Å². The van der Waals surface area contributed by atoms with Gasteiger partial charge in [0.05, 0.1) is 6.10 Å². The largest absolute Gasteiger partial charge is 0.401 e. The van der Waals surface area contributed by atoms with Crippen molar-refractivity contribution >= 4 is 18.7 Å². The van der Waals surface area contributed by atoms with Crippen LogP contribution in [-0.2, 0) is 4.43 Å². The molecule has 0 spiro atoms. The predicted molar refractivity (Wildman–Crippen MR) is 121 cm³/mol. The van der Waals surface area contributed by atoms with Gasteiger partial charge >= 0.3 is 0 Å². The molecule has 152 valence electrons. The zero-order valence-electron chi connectivity index (χ0n) is 17.9. The second-order valence-corrected chi connectivity index (χ2v) is 12.7. The first-order chi connectivity index (χ1) is 13.3. The molecule has 0 heterocycles. The highest BCUT2D eigenvalue weighted by molar-refractivity contribution is 6.99. The third-order valence-electron chi connectivity index (χ3n) is 5.04. The highest BCUT2D eigenvalue weighted by atomic mass is 28.4. The molecule has 0 aliphatic heterocycles. The van der Waals surface area contributed by atoms with Crippen molar-refractivity contribution in [2.75, 3.05) is 13.6 Å². The molecule has 0 saturated heterocycles. The summed E-state index contributed by atoms with van der Waals surface area (Å²) in [4.78, 5) is 0. The molecule has 1 N–H and O–H groups in total. The third kappa shape index (κ3) is 5.64. The van der Waals surface area contributed by atoms with Gasteiger partial charge in [-0.25, -0.2) is 0 Å². The topological polar surface area (TPSA) is 32.7 Å². The number of hydroxylamine groups is 2. The molecule has 1 atom stereocenters. The number of rotatable bonds is 9. The molecule has 0 aliphatic rings. The van der Waals surface area contributed by atoms with Crippen molar-refractivity contribution in [3.8, 4) is 0 Å². The highest BCUT2D eigenvalue weighted by Crippen LogP contribution is 2.37. The van der Waals surface area contributed by atoms with Gasteiger partial charge < -0.3 is 9.63 Å². The van der Waals surface area contributed by atoms with Crippen LogP contribution in [0, 0.1) is 0 Å². The maximum atomic E-state index is 9.25. The normalized spacial score (nSPS) is 14.0. The molecular weight excluding hydrogens is 362 g/mol. The van der Waals surface area contributed by atoms with E-state index in [1.807, 2.05) is 0 Å². The lowest BCUT2D eigenvalue weighted by Gasteiger charge is -2.44. The molecule has 4 heteroatoms. The van der Waals surface area contributed by atoms with Gasteiger partial charge in [-0.2, -0.15) is 5.06 Å². The van der Waals surface area contributed by atoms with Gasteiger partial charge in [0.1, 0.15) is 0 Å². The standard InChI is InChI=1S/C24H35NO2Si/c1-21(15-9-8-14-20-25(5)26)27-28(24(2,3)4,22-16-10-6-11-17-22)23-18-12-7-13-19-23/h6-7,9-13,15-19,21,26H,8,14,20H2,1-5H3/b15-9-/t21-/m0/s1. The molecule has 0 amide bonds. The number of benzene rings is 2. The van der Waals surface area contributed by atoms with Gasteiger partial charge in [-0.3, -0.25) is 0 Å². The van der Waals surface area contributed by atoms with Crippen LogP contribution < -0.4 is 10.4 Å². The van der Waals surface area contributed by atoms with E-state index in [0.717, 1.165) is 12.8 Å². The van der Waals surface area contributed by atoms with Crippen LogP contribution >= 0.6 is 0 Å². The lowest BCUT2D eigenvalue weighted by molar-refractivity contribution is -0.0649. The second kappa shape index (κ2) is 10.2.